The van der Waals surface area contributed by atoms with E-state index in [1.54, 1.807) is 26.4 Å². The van der Waals surface area contributed by atoms with Crippen LogP contribution in [0, 0.1) is 0 Å². The van der Waals surface area contributed by atoms with E-state index in [1.165, 1.54) is 25.9 Å². The molecule has 2 heterocycles. The molecule has 2 fully saturated rings. The van der Waals surface area contributed by atoms with E-state index in [0.717, 1.165) is 32.4 Å². The minimum absolute atomic E-state index is 0.0834. The van der Waals surface area contributed by atoms with Gasteiger partial charge in [0.15, 0.2) is 0 Å². The van der Waals surface area contributed by atoms with E-state index in [4.69, 9.17) is 14.2 Å². The Labute approximate surface area is 167 Å². The first-order valence-corrected chi connectivity index (χ1v) is 10.3. The van der Waals surface area contributed by atoms with Gasteiger partial charge in [-0.15, -0.1) is 0 Å². The number of ether oxygens (including phenoxy) is 3. The predicted octanol–water partition coefficient (Wildman–Crippen LogP) is 3.20. The predicted molar refractivity (Wildman–Crippen MR) is 109 cm³/mol. The van der Waals surface area contributed by atoms with E-state index in [2.05, 4.69) is 10.2 Å². The van der Waals surface area contributed by atoms with Crippen LogP contribution in [0.5, 0.6) is 11.5 Å². The molecule has 7 heteroatoms. The van der Waals surface area contributed by atoms with Crippen LogP contribution in [0.4, 0.5) is 10.5 Å². The highest BCUT2D eigenvalue weighted by Gasteiger charge is 2.26. The van der Waals surface area contributed by atoms with Crippen molar-refractivity contribution in [2.75, 3.05) is 58.9 Å². The first-order valence-electron chi connectivity index (χ1n) is 10.3. The van der Waals surface area contributed by atoms with Crippen molar-refractivity contribution < 1.29 is 19.0 Å². The molecule has 7 nitrogen and oxygen atoms in total. The Hall–Kier alpha value is -1.99. The third-order valence-electron chi connectivity index (χ3n) is 5.61. The highest BCUT2D eigenvalue weighted by molar-refractivity contribution is 5.91. The minimum Gasteiger partial charge on any atom is -0.497 e. The van der Waals surface area contributed by atoms with Crippen molar-refractivity contribution in [3.8, 4) is 11.5 Å². The molecular weight excluding hydrogens is 358 g/mol. The van der Waals surface area contributed by atoms with Gasteiger partial charge in [-0.3, -0.25) is 0 Å². The number of nitrogens with zero attached hydrogens (tertiary/aromatic N) is 2. The number of nitrogens with one attached hydrogen (secondary N) is 1. The highest BCUT2D eigenvalue weighted by Crippen LogP contribution is 2.29. The fourth-order valence-corrected chi connectivity index (χ4v) is 4.02. The van der Waals surface area contributed by atoms with Crippen LogP contribution in [0.15, 0.2) is 18.2 Å². The lowest BCUT2D eigenvalue weighted by Crippen LogP contribution is -2.46. The summed E-state index contributed by atoms with van der Waals surface area (Å²) in [5, 5.41) is 3.04. The lowest BCUT2D eigenvalue weighted by Gasteiger charge is -2.35. The molecule has 0 bridgehead atoms. The van der Waals surface area contributed by atoms with E-state index in [0.29, 0.717) is 30.4 Å². The first-order chi connectivity index (χ1) is 13.7. The van der Waals surface area contributed by atoms with Crippen LogP contribution in [0.25, 0.3) is 0 Å². The lowest BCUT2D eigenvalue weighted by molar-refractivity contribution is 0.0471. The molecule has 1 aromatic rings. The molecular formula is C21H33N3O4. The van der Waals surface area contributed by atoms with Gasteiger partial charge in [0.1, 0.15) is 11.5 Å². The maximum Gasteiger partial charge on any atom is 0.322 e. The van der Waals surface area contributed by atoms with Crippen LogP contribution in [0.1, 0.15) is 32.1 Å². The fourth-order valence-electron chi connectivity index (χ4n) is 4.02. The SMILES string of the molecule is COc1ccc(OC)c(NC(=O)N(CCCN2CCCC2)C2CCOCC2)c1. The summed E-state index contributed by atoms with van der Waals surface area (Å²) in [6.07, 6.45) is 5.33. The number of methoxy groups -OCH3 is 2. The van der Waals surface area contributed by atoms with Crippen LogP contribution < -0.4 is 14.8 Å². The highest BCUT2D eigenvalue weighted by atomic mass is 16.5. The molecule has 1 N–H and O–H groups in total. The Morgan fingerprint density at radius 1 is 1.21 bits per heavy atom. The smallest absolute Gasteiger partial charge is 0.322 e. The van der Waals surface area contributed by atoms with Gasteiger partial charge in [0.2, 0.25) is 0 Å². The summed E-state index contributed by atoms with van der Waals surface area (Å²) in [6, 6.07) is 5.55. The van der Waals surface area contributed by atoms with Gasteiger partial charge in [-0.05, 0) is 63.9 Å². The van der Waals surface area contributed by atoms with E-state index < -0.39 is 0 Å². The number of hydrogen-bond donors (Lipinski definition) is 1. The fraction of sp³-hybridized carbons (Fsp3) is 0.667. The number of likely N-dealkylation sites (tertiary alicyclic amines) is 1. The number of urea groups is 1. The third-order valence-corrected chi connectivity index (χ3v) is 5.61. The number of hydrogen-bond acceptors (Lipinski definition) is 5. The molecule has 2 aliphatic heterocycles. The van der Waals surface area contributed by atoms with Crippen molar-refractivity contribution in [1.82, 2.24) is 9.80 Å². The number of anilines is 1. The molecule has 0 radical (unpaired) electrons. The molecule has 2 aliphatic rings. The van der Waals surface area contributed by atoms with Gasteiger partial charge >= 0.3 is 6.03 Å². The van der Waals surface area contributed by atoms with Gasteiger partial charge in [0.25, 0.3) is 0 Å². The molecule has 2 amide bonds. The second kappa shape index (κ2) is 10.5. The van der Waals surface area contributed by atoms with Crippen molar-refractivity contribution in [2.24, 2.45) is 0 Å². The van der Waals surface area contributed by atoms with Gasteiger partial charge in [-0.2, -0.15) is 0 Å². The molecule has 2 saturated heterocycles. The normalized spacial score (nSPS) is 18.1. The maximum absolute atomic E-state index is 13.2. The van der Waals surface area contributed by atoms with Crippen molar-refractivity contribution in [3.63, 3.8) is 0 Å². The van der Waals surface area contributed by atoms with Crippen molar-refractivity contribution in [3.05, 3.63) is 18.2 Å². The van der Waals surface area contributed by atoms with Crippen molar-refractivity contribution in [2.45, 2.75) is 38.1 Å². The van der Waals surface area contributed by atoms with E-state index >= 15 is 0 Å². The quantitative estimate of drug-likeness (QED) is 0.737. The van der Waals surface area contributed by atoms with E-state index in [1.807, 2.05) is 11.0 Å². The first kappa shape index (κ1) is 20.7. The zero-order valence-corrected chi connectivity index (χ0v) is 17.1. The standard InChI is InChI=1S/C21H33N3O4/c1-26-18-6-7-20(27-2)19(16-18)22-21(25)24(17-8-14-28-15-9-17)13-5-12-23-10-3-4-11-23/h6-7,16-17H,3-5,8-15H2,1-2H3,(H,22,25). The van der Waals surface area contributed by atoms with E-state index in [-0.39, 0.29) is 12.1 Å². The van der Waals surface area contributed by atoms with Crippen LogP contribution in [0.2, 0.25) is 0 Å². The molecule has 0 atom stereocenters. The zero-order chi connectivity index (χ0) is 19.8. The maximum atomic E-state index is 13.2. The Bertz CT molecular complexity index is 628. The van der Waals surface area contributed by atoms with Gasteiger partial charge < -0.3 is 29.3 Å². The Kier molecular flexibility index (Phi) is 7.80. The number of carbonyl (C=O) groups excluding carboxylic acids is 1. The number of benzene rings is 1. The van der Waals surface area contributed by atoms with Crippen molar-refractivity contribution >= 4 is 11.7 Å². The van der Waals surface area contributed by atoms with Crippen LogP contribution in [-0.4, -0.2) is 75.5 Å². The summed E-state index contributed by atoms with van der Waals surface area (Å²) >= 11 is 0. The molecule has 0 aromatic heterocycles. The molecule has 0 aliphatic carbocycles. The molecule has 1 aromatic carbocycles. The van der Waals surface area contributed by atoms with E-state index in [9.17, 15) is 4.79 Å². The number of rotatable bonds is 8. The monoisotopic (exact) mass is 391 g/mol. The Morgan fingerprint density at radius 3 is 2.64 bits per heavy atom. The summed E-state index contributed by atoms with van der Waals surface area (Å²) in [6.45, 7) is 5.59. The second-order valence-electron chi connectivity index (χ2n) is 7.44. The molecule has 0 saturated carbocycles. The summed E-state index contributed by atoms with van der Waals surface area (Å²) in [4.78, 5) is 17.6. The zero-order valence-electron chi connectivity index (χ0n) is 17.1. The topological polar surface area (TPSA) is 63.3 Å². The average Bonchev–Trinajstić information content (AvgIpc) is 3.25. The van der Waals surface area contributed by atoms with Crippen LogP contribution >= 0.6 is 0 Å². The number of amides is 2. The third kappa shape index (κ3) is 5.52. The average molecular weight is 392 g/mol. The second-order valence-corrected chi connectivity index (χ2v) is 7.44. The minimum atomic E-state index is -0.0834. The van der Waals surface area contributed by atoms with Gasteiger partial charge in [-0.25, -0.2) is 4.79 Å². The van der Waals surface area contributed by atoms with Gasteiger partial charge in [0, 0.05) is 31.9 Å². The molecule has 0 spiro atoms. The lowest BCUT2D eigenvalue weighted by atomic mass is 10.1. The summed E-state index contributed by atoms with van der Waals surface area (Å²) in [5.41, 5.74) is 0.628. The summed E-state index contributed by atoms with van der Waals surface area (Å²) < 4.78 is 16.2. The van der Waals surface area contributed by atoms with Crippen LogP contribution in [-0.2, 0) is 4.74 Å². The molecule has 156 valence electrons. The molecule has 28 heavy (non-hydrogen) atoms. The summed E-state index contributed by atoms with van der Waals surface area (Å²) in [5.74, 6) is 1.31. The molecule has 3 rings (SSSR count). The van der Waals surface area contributed by atoms with Crippen molar-refractivity contribution in [1.29, 1.82) is 0 Å². The van der Waals surface area contributed by atoms with Gasteiger partial charge in [0.05, 0.1) is 19.9 Å². The largest absolute Gasteiger partial charge is 0.497 e. The summed E-state index contributed by atoms with van der Waals surface area (Å²) in [7, 11) is 3.21. The van der Waals surface area contributed by atoms with Gasteiger partial charge in [-0.1, -0.05) is 0 Å². The van der Waals surface area contributed by atoms with Crippen LogP contribution in [0.3, 0.4) is 0 Å². The molecule has 0 unspecified atom stereocenters. The Morgan fingerprint density at radius 2 is 1.96 bits per heavy atom. The Balaban J connectivity index is 1.66. The number of carbonyl (C=O) groups is 1.